The number of hydrogen-bond acceptors (Lipinski definition) is 6. The lowest BCUT2D eigenvalue weighted by Crippen LogP contribution is -2.34. The molecule has 0 fully saturated rings. The number of nitrogens with zero attached hydrogens (tertiary/aromatic N) is 5. The third-order valence-corrected chi connectivity index (χ3v) is 7.05. The van der Waals surface area contributed by atoms with Gasteiger partial charge < -0.3 is 4.57 Å². The van der Waals surface area contributed by atoms with Crippen molar-refractivity contribution in [3.05, 3.63) is 54.1 Å². The molecule has 0 amide bonds. The molecule has 0 radical (unpaired) electrons. The summed E-state index contributed by atoms with van der Waals surface area (Å²) in [5.41, 5.74) is -2.64. The van der Waals surface area contributed by atoms with Crippen LogP contribution in [0.25, 0.3) is 33.8 Å². The first-order valence-corrected chi connectivity index (χ1v) is 11.6. The number of imidazole rings is 1. The van der Waals surface area contributed by atoms with Gasteiger partial charge in [-0.2, -0.15) is 22.0 Å². The summed E-state index contributed by atoms with van der Waals surface area (Å²) in [6.45, 7) is 1.33. The van der Waals surface area contributed by atoms with Gasteiger partial charge in [0.25, 0.3) is 0 Å². The molecule has 0 aliphatic rings. The predicted octanol–water partition coefficient (Wildman–Crippen LogP) is 4.82. The van der Waals surface area contributed by atoms with Crippen molar-refractivity contribution in [3.63, 3.8) is 0 Å². The fourth-order valence-corrected chi connectivity index (χ4v) is 4.44. The standard InChI is InChI=1S/C21H14F7N5O2S/c1-3-36(34,35)15-4-10(17-12(23)5-11(22)8-31-17)7-30-18(15)19-32-13-6-16(20(24,25)21(26,27)28)29-9-14(13)33(19)2/h4-9H,3H2,1-2H3. The van der Waals surface area contributed by atoms with E-state index in [-0.39, 0.29) is 33.8 Å². The first kappa shape index (κ1) is 25.5. The lowest BCUT2D eigenvalue weighted by molar-refractivity contribution is -0.290. The van der Waals surface area contributed by atoms with Crippen molar-refractivity contribution < 1.29 is 39.2 Å². The molecule has 4 rings (SSSR count). The van der Waals surface area contributed by atoms with Crippen LogP contribution in [0.1, 0.15) is 12.6 Å². The van der Waals surface area contributed by atoms with E-state index in [0.29, 0.717) is 12.1 Å². The topological polar surface area (TPSA) is 90.6 Å². The highest BCUT2D eigenvalue weighted by atomic mass is 32.2. The summed E-state index contributed by atoms with van der Waals surface area (Å²) in [7, 11) is -2.70. The molecule has 15 heteroatoms. The number of aromatic nitrogens is 5. The van der Waals surface area contributed by atoms with E-state index in [4.69, 9.17) is 0 Å². The molecule has 7 nitrogen and oxygen atoms in total. The van der Waals surface area contributed by atoms with Crippen LogP contribution in [0, 0.1) is 11.6 Å². The SMILES string of the molecule is CCS(=O)(=O)c1cc(-c2ncc(F)cc2F)cnc1-c1nc2cc(C(F)(F)C(F)(F)F)ncc2n1C. The third kappa shape index (κ3) is 4.16. The first-order chi connectivity index (χ1) is 16.7. The van der Waals surface area contributed by atoms with E-state index in [1.165, 1.54) is 18.5 Å². The fraction of sp³-hybridized carbons (Fsp3) is 0.238. The summed E-state index contributed by atoms with van der Waals surface area (Å²) in [6, 6.07) is 2.05. The van der Waals surface area contributed by atoms with Gasteiger partial charge in [0.05, 0.1) is 34.1 Å². The Morgan fingerprint density at radius 3 is 2.19 bits per heavy atom. The van der Waals surface area contributed by atoms with Crippen LogP contribution < -0.4 is 0 Å². The third-order valence-electron chi connectivity index (χ3n) is 5.31. The summed E-state index contributed by atoms with van der Waals surface area (Å²) < 4.78 is 120. The zero-order valence-corrected chi connectivity index (χ0v) is 19.1. The second-order valence-electron chi connectivity index (χ2n) is 7.58. The Morgan fingerprint density at radius 1 is 0.917 bits per heavy atom. The number of aryl methyl sites for hydroxylation is 1. The Labute approximate surface area is 198 Å². The molecular weight excluding hydrogens is 519 g/mol. The summed E-state index contributed by atoms with van der Waals surface area (Å²) in [6.07, 6.45) is -3.36. The van der Waals surface area contributed by atoms with E-state index in [9.17, 15) is 39.2 Å². The van der Waals surface area contributed by atoms with Crippen LogP contribution in [-0.4, -0.2) is 44.8 Å². The number of rotatable bonds is 5. The van der Waals surface area contributed by atoms with Gasteiger partial charge in [0.1, 0.15) is 22.9 Å². The molecule has 0 N–H and O–H groups in total. The van der Waals surface area contributed by atoms with E-state index < -0.39 is 49.9 Å². The second-order valence-corrected chi connectivity index (χ2v) is 9.83. The number of fused-ring (bicyclic) bond motifs is 1. The molecule has 0 saturated carbocycles. The van der Waals surface area contributed by atoms with Crippen molar-refractivity contribution in [3.8, 4) is 22.8 Å². The molecular formula is C21H14F7N5O2S. The average Bonchev–Trinajstić information content (AvgIpc) is 3.13. The molecule has 4 aromatic heterocycles. The average molecular weight is 533 g/mol. The molecule has 0 spiro atoms. The molecule has 0 aromatic carbocycles. The Bertz CT molecular complexity index is 1600. The molecule has 0 atom stereocenters. The van der Waals surface area contributed by atoms with E-state index in [1.807, 2.05) is 0 Å². The van der Waals surface area contributed by atoms with Gasteiger partial charge in [-0.05, 0) is 12.1 Å². The molecule has 4 aromatic rings. The van der Waals surface area contributed by atoms with Crippen molar-refractivity contribution in [2.75, 3.05) is 5.75 Å². The van der Waals surface area contributed by atoms with Crippen LogP contribution in [-0.2, 0) is 22.8 Å². The van der Waals surface area contributed by atoms with Crippen LogP contribution in [0.3, 0.4) is 0 Å². The van der Waals surface area contributed by atoms with E-state index in [1.54, 1.807) is 0 Å². The van der Waals surface area contributed by atoms with Gasteiger partial charge in [0.15, 0.2) is 21.5 Å². The highest BCUT2D eigenvalue weighted by molar-refractivity contribution is 7.91. The molecule has 4 heterocycles. The highest BCUT2D eigenvalue weighted by Crippen LogP contribution is 2.43. The Balaban J connectivity index is 1.93. The molecule has 0 saturated heterocycles. The Morgan fingerprint density at radius 2 is 1.58 bits per heavy atom. The van der Waals surface area contributed by atoms with E-state index in [2.05, 4.69) is 19.9 Å². The lowest BCUT2D eigenvalue weighted by atomic mass is 10.1. The summed E-state index contributed by atoms with van der Waals surface area (Å²) in [4.78, 5) is 14.5. The van der Waals surface area contributed by atoms with Crippen molar-refractivity contribution in [1.82, 2.24) is 24.5 Å². The van der Waals surface area contributed by atoms with Gasteiger partial charge in [0.2, 0.25) is 0 Å². The zero-order valence-electron chi connectivity index (χ0n) is 18.3. The normalized spacial score (nSPS) is 12.9. The molecule has 0 bridgehead atoms. The minimum atomic E-state index is -5.89. The summed E-state index contributed by atoms with van der Waals surface area (Å²) >= 11 is 0. The minimum absolute atomic E-state index is 0.0173. The van der Waals surface area contributed by atoms with Gasteiger partial charge in [-0.1, -0.05) is 6.92 Å². The number of halogens is 7. The minimum Gasteiger partial charge on any atom is -0.324 e. The fourth-order valence-electron chi connectivity index (χ4n) is 3.38. The van der Waals surface area contributed by atoms with E-state index in [0.717, 1.165) is 24.7 Å². The molecule has 0 unspecified atom stereocenters. The second kappa shape index (κ2) is 8.50. The van der Waals surface area contributed by atoms with Crippen LogP contribution >= 0.6 is 0 Å². The lowest BCUT2D eigenvalue weighted by Gasteiger charge is -2.18. The smallest absolute Gasteiger partial charge is 0.324 e. The highest BCUT2D eigenvalue weighted by Gasteiger charge is 2.60. The Hall–Kier alpha value is -3.62. The number of sulfone groups is 1. The quantitative estimate of drug-likeness (QED) is 0.342. The maximum atomic E-state index is 14.2. The maximum absolute atomic E-state index is 14.2. The van der Waals surface area contributed by atoms with Crippen LogP contribution in [0.4, 0.5) is 30.7 Å². The molecule has 0 aliphatic carbocycles. The summed E-state index contributed by atoms with van der Waals surface area (Å²) in [5.74, 6) is -7.88. The van der Waals surface area contributed by atoms with E-state index >= 15 is 0 Å². The van der Waals surface area contributed by atoms with Gasteiger partial charge in [-0.25, -0.2) is 22.2 Å². The number of alkyl halides is 5. The van der Waals surface area contributed by atoms with Crippen LogP contribution in [0.2, 0.25) is 0 Å². The maximum Gasteiger partial charge on any atom is 0.459 e. The number of pyridine rings is 3. The van der Waals surface area contributed by atoms with Gasteiger partial charge in [-0.15, -0.1) is 0 Å². The van der Waals surface area contributed by atoms with Crippen molar-refractivity contribution in [2.24, 2.45) is 7.05 Å². The molecule has 0 aliphatic heterocycles. The monoisotopic (exact) mass is 533 g/mol. The summed E-state index contributed by atoms with van der Waals surface area (Å²) in [5, 5.41) is 0. The Kier molecular flexibility index (Phi) is 6.01. The van der Waals surface area contributed by atoms with Crippen molar-refractivity contribution >= 4 is 20.9 Å². The molecule has 36 heavy (non-hydrogen) atoms. The van der Waals surface area contributed by atoms with Gasteiger partial charge in [0, 0.05) is 24.9 Å². The van der Waals surface area contributed by atoms with Gasteiger partial charge >= 0.3 is 12.1 Å². The first-order valence-electron chi connectivity index (χ1n) is 9.99. The largest absolute Gasteiger partial charge is 0.459 e. The van der Waals surface area contributed by atoms with Crippen molar-refractivity contribution in [1.29, 1.82) is 0 Å². The zero-order chi connectivity index (χ0) is 26.6. The van der Waals surface area contributed by atoms with Crippen LogP contribution in [0.5, 0.6) is 0 Å². The van der Waals surface area contributed by atoms with Crippen molar-refractivity contribution in [2.45, 2.75) is 23.9 Å². The number of hydrogen-bond donors (Lipinski definition) is 0. The van der Waals surface area contributed by atoms with Gasteiger partial charge in [-0.3, -0.25) is 15.0 Å². The van der Waals surface area contributed by atoms with Crippen LogP contribution in [0.15, 0.2) is 41.7 Å². The molecule has 190 valence electrons. The predicted molar refractivity (Wildman–Crippen MR) is 113 cm³/mol.